The molecule has 10 nitrogen and oxygen atoms in total. The van der Waals surface area contributed by atoms with Crippen molar-refractivity contribution < 1.29 is 29.7 Å². The van der Waals surface area contributed by atoms with Crippen LogP contribution < -0.4 is 5.73 Å². The first-order valence-electron chi connectivity index (χ1n) is 8.27. The Morgan fingerprint density at radius 3 is 1.85 bits per heavy atom. The van der Waals surface area contributed by atoms with Crippen molar-refractivity contribution in [2.24, 2.45) is 5.73 Å². The zero-order chi connectivity index (χ0) is 20.1. The Balaban J connectivity index is 5.02. The van der Waals surface area contributed by atoms with E-state index in [1.807, 2.05) is 0 Å². The lowest BCUT2D eigenvalue weighted by Crippen LogP contribution is -2.48. The van der Waals surface area contributed by atoms with Gasteiger partial charge in [0.2, 0.25) is 0 Å². The minimum atomic E-state index is -1.16. The average Bonchev–Trinajstić information content (AvgIpc) is 2.50. The molecule has 0 saturated carbocycles. The van der Waals surface area contributed by atoms with Crippen molar-refractivity contribution in [3.8, 4) is 0 Å². The number of nitrogens with two attached hydrogens (primary N) is 1. The molecule has 0 aromatic heterocycles. The third kappa shape index (κ3) is 11.7. The molecule has 26 heavy (non-hydrogen) atoms. The monoisotopic (exact) mass is 372 g/mol. The molecular weight excluding hydrogens is 344 g/mol. The lowest BCUT2D eigenvalue weighted by atomic mass is 10.1. The normalized spacial score (nSPS) is 12.7. The summed E-state index contributed by atoms with van der Waals surface area (Å²) in [6.07, 6.45) is 1.66. The van der Waals surface area contributed by atoms with Gasteiger partial charge in [-0.05, 0) is 19.4 Å². The first kappa shape index (κ1) is 24.2. The van der Waals surface area contributed by atoms with Crippen LogP contribution in [0, 0.1) is 14.1 Å². The van der Waals surface area contributed by atoms with Gasteiger partial charge >= 0.3 is 17.9 Å². The summed E-state index contributed by atoms with van der Waals surface area (Å²) in [7, 11) is 10.8. The zero-order valence-corrected chi connectivity index (χ0v) is 14.8. The topological polar surface area (TPSA) is 148 Å². The fourth-order valence-corrected chi connectivity index (χ4v) is 2.48. The maximum absolute atomic E-state index is 11.6. The van der Waals surface area contributed by atoms with Gasteiger partial charge < -0.3 is 21.1 Å². The maximum Gasteiger partial charge on any atom is 0.320 e. The fraction of sp³-hybridized carbons (Fsp3) is 0.688. The van der Waals surface area contributed by atoms with Crippen LogP contribution >= 0.6 is 0 Å². The minimum absolute atomic E-state index is 0.0778. The van der Waals surface area contributed by atoms with E-state index in [0.717, 1.165) is 4.90 Å². The Morgan fingerprint density at radius 2 is 1.42 bits per heavy atom. The van der Waals surface area contributed by atoms with E-state index in [9.17, 15) is 19.5 Å². The molecule has 10 heteroatoms. The Bertz CT molecular complexity index is 430. The molecule has 0 aromatic carbocycles. The standard InChI is InChI=1S/C16H28N4O6/c1-18(2)7-9-20(13(16(25)26)5-3-4-6-17)10-8-19(11-14(21)22)12-15(23)24/h1-2,13H,3-12,17H2,(H,21,22)(H,23,24)(H,25,26). The van der Waals surface area contributed by atoms with E-state index in [2.05, 4.69) is 0 Å². The third-order valence-electron chi connectivity index (χ3n) is 3.72. The van der Waals surface area contributed by atoms with Gasteiger partial charge in [-0.15, -0.1) is 0 Å². The fourth-order valence-electron chi connectivity index (χ4n) is 2.48. The molecule has 1 unspecified atom stereocenters. The molecule has 0 amide bonds. The summed E-state index contributed by atoms with van der Waals surface area (Å²) in [5, 5.41) is 27.3. The van der Waals surface area contributed by atoms with Crippen molar-refractivity contribution in [3.05, 3.63) is 14.1 Å². The van der Waals surface area contributed by atoms with Crippen LogP contribution in [0.25, 0.3) is 0 Å². The smallest absolute Gasteiger partial charge is 0.320 e. The van der Waals surface area contributed by atoms with Crippen LogP contribution in [0.15, 0.2) is 0 Å². The van der Waals surface area contributed by atoms with Gasteiger partial charge in [-0.3, -0.25) is 29.1 Å². The van der Waals surface area contributed by atoms with Crippen LogP contribution in [0.3, 0.4) is 0 Å². The second-order valence-electron chi connectivity index (χ2n) is 5.91. The van der Waals surface area contributed by atoms with Crippen molar-refractivity contribution in [1.29, 1.82) is 0 Å². The molecule has 0 fully saturated rings. The third-order valence-corrected chi connectivity index (χ3v) is 3.72. The van der Waals surface area contributed by atoms with Crippen molar-refractivity contribution in [2.45, 2.75) is 25.3 Å². The van der Waals surface area contributed by atoms with E-state index in [0.29, 0.717) is 25.8 Å². The number of carbonyl (C=O) groups is 3. The van der Waals surface area contributed by atoms with Gasteiger partial charge in [0.1, 0.15) is 6.04 Å². The molecule has 0 aromatic rings. The first-order valence-corrected chi connectivity index (χ1v) is 8.27. The van der Waals surface area contributed by atoms with Gasteiger partial charge in [0, 0.05) is 40.3 Å². The summed E-state index contributed by atoms with van der Waals surface area (Å²) in [6.45, 7) is 0.216. The van der Waals surface area contributed by atoms with Crippen molar-refractivity contribution >= 4 is 17.9 Å². The molecule has 0 rings (SSSR count). The van der Waals surface area contributed by atoms with Crippen LogP contribution in [-0.4, -0.2) is 99.8 Å². The second kappa shape index (κ2) is 13.5. The highest BCUT2D eigenvalue weighted by Crippen LogP contribution is 2.10. The number of aliphatic carboxylic acids is 3. The summed E-state index contributed by atoms with van der Waals surface area (Å²) < 4.78 is 0. The number of hydrogen-bond acceptors (Lipinski definition) is 7. The maximum atomic E-state index is 11.6. The Morgan fingerprint density at radius 1 is 0.885 bits per heavy atom. The van der Waals surface area contributed by atoms with E-state index in [-0.39, 0.29) is 26.2 Å². The van der Waals surface area contributed by atoms with Crippen LogP contribution in [0.1, 0.15) is 19.3 Å². The molecular formula is C16H28N4O6. The number of nitrogens with zero attached hydrogens (tertiary/aromatic N) is 3. The number of carboxylic acid groups (broad SMARTS) is 3. The molecule has 5 N–H and O–H groups in total. The summed E-state index contributed by atoms with van der Waals surface area (Å²) >= 11 is 0. The number of hydrogen-bond donors (Lipinski definition) is 4. The highest BCUT2D eigenvalue weighted by atomic mass is 16.4. The molecule has 0 aliphatic carbocycles. The SMILES string of the molecule is [CH]N([CH])CCN(CCN(CC(=O)O)CC(=O)O)C(CCCCN)C(=O)O. The predicted octanol–water partition coefficient (Wildman–Crippen LogP) is -1.02. The Labute approximate surface area is 154 Å². The summed E-state index contributed by atoms with van der Waals surface area (Å²) in [5.41, 5.74) is 5.44. The van der Waals surface area contributed by atoms with E-state index < -0.39 is 37.0 Å². The number of unbranched alkanes of at least 4 members (excludes halogenated alkanes) is 1. The summed E-state index contributed by atoms with van der Waals surface area (Å²) in [6, 6.07) is -0.821. The van der Waals surface area contributed by atoms with Gasteiger partial charge in [0.25, 0.3) is 0 Å². The molecule has 0 aliphatic rings. The zero-order valence-electron chi connectivity index (χ0n) is 14.8. The Hall–Kier alpha value is -1.75. The molecule has 0 spiro atoms. The van der Waals surface area contributed by atoms with Crippen molar-refractivity contribution in [1.82, 2.24) is 14.7 Å². The van der Waals surface area contributed by atoms with Gasteiger partial charge in [0.05, 0.1) is 13.1 Å². The highest BCUT2D eigenvalue weighted by Gasteiger charge is 2.26. The lowest BCUT2D eigenvalue weighted by molar-refractivity contribution is -0.145. The lowest BCUT2D eigenvalue weighted by Gasteiger charge is -2.31. The molecule has 0 heterocycles. The summed E-state index contributed by atoms with van der Waals surface area (Å²) in [5.74, 6) is -3.35. The van der Waals surface area contributed by atoms with Crippen molar-refractivity contribution in [3.63, 3.8) is 0 Å². The van der Waals surface area contributed by atoms with E-state index in [1.165, 1.54) is 4.90 Å². The molecule has 1 atom stereocenters. The number of carboxylic acids is 3. The quantitative estimate of drug-likeness (QED) is 0.196. The molecule has 4 radical (unpaired) electrons. The van der Waals surface area contributed by atoms with E-state index >= 15 is 0 Å². The van der Waals surface area contributed by atoms with Crippen LogP contribution in [0.2, 0.25) is 0 Å². The number of rotatable bonds is 16. The first-order chi connectivity index (χ1) is 12.2. The largest absolute Gasteiger partial charge is 0.480 e. The van der Waals surface area contributed by atoms with Gasteiger partial charge in [-0.25, -0.2) is 0 Å². The van der Waals surface area contributed by atoms with Gasteiger partial charge in [-0.2, -0.15) is 0 Å². The second-order valence-corrected chi connectivity index (χ2v) is 5.91. The van der Waals surface area contributed by atoms with Crippen LogP contribution in [-0.2, 0) is 14.4 Å². The van der Waals surface area contributed by atoms with Crippen LogP contribution in [0.4, 0.5) is 0 Å². The molecule has 148 valence electrons. The van der Waals surface area contributed by atoms with Crippen LogP contribution in [0.5, 0.6) is 0 Å². The average molecular weight is 372 g/mol. The van der Waals surface area contributed by atoms with Gasteiger partial charge in [-0.1, -0.05) is 6.42 Å². The van der Waals surface area contributed by atoms with Crippen molar-refractivity contribution in [2.75, 3.05) is 45.8 Å². The molecule has 0 saturated heterocycles. The van der Waals surface area contributed by atoms with Gasteiger partial charge in [0.15, 0.2) is 0 Å². The predicted molar refractivity (Wildman–Crippen MR) is 92.9 cm³/mol. The summed E-state index contributed by atoms with van der Waals surface area (Å²) in [4.78, 5) is 37.1. The van der Waals surface area contributed by atoms with E-state index in [4.69, 9.17) is 30.0 Å². The highest BCUT2D eigenvalue weighted by molar-refractivity contribution is 5.73. The molecule has 0 aliphatic heterocycles. The van der Waals surface area contributed by atoms with E-state index in [1.54, 1.807) is 4.90 Å². The minimum Gasteiger partial charge on any atom is -0.480 e. The molecule has 0 bridgehead atoms. The Kier molecular flexibility index (Phi) is 12.5.